The minimum absolute atomic E-state index is 0.210. The van der Waals surface area contributed by atoms with Crippen molar-refractivity contribution in [2.75, 3.05) is 0 Å². The summed E-state index contributed by atoms with van der Waals surface area (Å²) in [6.45, 7) is 0. The van der Waals surface area contributed by atoms with Gasteiger partial charge in [-0.2, -0.15) is 0 Å². The van der Waals surface area contributed by atoms with Crippen LogP contribution in [0.2, 0.25) is 5.02 Å². The Labute approximate surface area is 98.1 Å². The molecule has 1 aliphatic rings. The van der Waals surface area contributed by atoms with Crippen molar-refractivity contribution in [3.8, 4) is 0 Å². The second-order valence-electron chi connectivity index (χ2n) is 3.60. The number of benzene rings is 1. The van der Waals surface area contributed by atoms with Crippen LogP contribution < -0.4 is 5.32 Å². The molecule has 0 bridgehead atoms. The fourth-order valence-electron chi connectivity index (χ4n) is 1.53. The van der Waals surface area contributed by atoms with Crippen molar-refractivity contribution in [3.63, 3.8) is 0 Å². The quantitative estimate of drug-likeness (QED) is 0.599. The highest BCUT2D eigenvalue weighted by atomic mass is 35.5. The molecule has 1 saturated heterocycles. The van der Waals surface area contributed by atoms with E-state index in [0.29, 0.717) is 23.4 Å². The van der Waals surface area contributed by atoms with Crippen LogP contribution in [0, 0.1) is 0 Å². The lowest BCUT2D eigenvalue weighted by molar-refractivity contribution is -0.130. The molecule has 0 radical (unpaired) electrons. The van der Waals surface area contributed by atoms with Crippen LogP contribution in [-0.2, 0) is 9.59 Å². The fraction of sp³-hybridized carbons (Fsp3) is 0.167. The van der Waals surface area contributed by atoms with Gasteiger partial charge in [0, 0.05) is 17.0 Å². The van der Waals surface area contributed by atoms with E-state index < -0.39 is 0 Å². The van der Waals surface area contributed by atoms with E-state index >= 15 is 0 Å². The average Bonchev–Trinajstić information content (AvgIpc) is 2.25. The molecule has 2 amide bonds. The van der Waals surface area contributed by atoms with Gasteiger partial charge in [-0.25, -0.2) is 0 Å². The van der Waals surface area contributed by atoms with Gasteiger partial charge in [0.05, 0.1) is 0 Å². The maximum atomic E-state index is 11.4. The van der Waals surface area contributed by atoms with Gasteiger partial charge in [-0.1, -0.05) is 23.7 Å². The number of nitrogens with one attached hydrogen (secondary N) is 1. The monoisotopic (exact) mass is 235 g/mol. The zero-order valence-corrected chi connectivity index (χ0v) is 9.25. The van der Waals surface area contributed by atoms with Crippen LogP contribution in [0.4, 0.5) is 0 Å². The molecule has 0 aromatic heterocycles. The molecule has 0 atom stereocenters. The standard InChI is InChI=1S/C12H10ClNO2/c13-10-4-1-8(2-5-10)7-9-3-6-11(15)14-12(9)16/h1-2,4-5,7H,3,6H2,(H,14,15,16)/b9-7+. The smallest absolute Gasteiger partial charge is 0.253 e. The first kappa shape index (κ1) is 10.9. The van der Waals surface area contributed by atoms with Crippen LogP contribution in [0.1, 0.15) is 18.4 Å². The molecule has 1 aromatic rings. The van der Waals surface area contributed by atoms with Crippen molar-refractivity contribution in [2.45, 2.75) is 12.8 Å². The maximum absolute atomic E-state index is 11.4. The number of halogens is 1. The van der Waals surface area contributed by atoms with Crippen molar-refractivity contribution in [1.29, 1.82) is 0 Å². The van der Waals surface area contributed by atoms with Gasteiger partial charge in [-0.15, -0.1) is 0 Å². The van der Waals surface area contributed by atoms with E-state index in [1.807, 2.05) is 12.1 Å². The summed E-state index contributed by atoms with van der Waals surface area (Å²) < 4.78 is 0. The predicted octanol–water partition coefficient (Wildman–Crippen LogP) is 2.16. The van der Waals surface area contributed by atoms with Crippen molar-refractivity contribution in [2.24, 2.45) is 0 Å². The average molecular weight is 236 g/mol. The molecule has 1 fully saturated rings. The lowest BCUT2D eigenvalue weighted by Gasteiger charge is -2.13. The highest BCUT2D eigenvalue weighted by Crippen LogP contribution is 2.17. The summed E-state index contributed by atoms with van der Waals surface area (Å²) in [5.41, 5.74) is 1.53. The summed E-state index contributed by atoms with van der Waals surface area (Å²) in [5.74, 6) is -0.510. The molecule has 4 heteroatoms. The zero-order valence-electron chi connectivity index (χ0n) is 8.50. The first-order valence-electron chi connectivity index (χ1n) is 4.95. The molecule has 1 aliphatic heterocycles. The molecule has 2 rings (SSSR count). The summed E-state index contributed by atoms with van der Waals surface area (Å²) in [4.78, 5) is 22.4. The van der Waals surface area contributed by atoms with Crippen molar-refractivity contribution >= 4 is 29.5 Å². The molecule has 1 heterocycles. The molecule has 3 nitrogen and oxygen atoms in total. The molecular weight excluding hydrogens is 226 g/mol. The highest BCUT2D eigenvalue weighted by Gasteiger charge is 2.19. The van der Waals surface area contributed by atoms with Crippen molar-refractivity contribution in [3.05, 3.63) is 40.4 Å². The Morgan fingerprint density at radius 2 is 1.81 bits per heavy atom. The first-order chi connectivity index (χ1) is 7.65. The Morgan fingerprint density at radius 3 is 2.44 bits per heavy atom. The van der Waals surface area contributed by atoms with E-state index in [2.05, 4.69) is 5.32 Å². The number of carbonyl (C=O) groups is 2. The summed E-state index contributed by atoms with van der Waals surface area (Å²) in [6.07, 6.45) is 2.64. The van der Waals surface area contributed by atoms with Gasteiger partial charge in [0.2, 0.25) is 5.91 Å². The second-order valence-corrected chi connectivity index (χ2v) is 4.03. The lowest BCUT2D eigenvalue weighted by Crippen LogP contribution is -2.35. The molecule has 0 aliphatic carbocycles. The highest BCUT2D eigenvalue weighted by molar-refractivity contribution is 6.30. The molecule has 1 N–H and O–H groups in total. The molecule has 16 heavy (non-hydrogen) atoms. The van der Waals surface area contributed by atoms with Crippen LogP contribution in [-0.4, -0.2) is 11.8 Å². The SMILES string of the molecule is O=C1CC/C(=C\c2ccc(Cl)cc2)C(=O)N1. The second kappa shape index (κ2) is 4.49. The Balaban J connectivity index is 2.21. The molecule has 1 aromatic carbocycles. The van der Waals surface area contributed by atoms with Gasteiger partial charge in [0.1, 0.15) is 0 Å². The molecule has 82 valence electrons. The molecule has 0 spiro atoms. The minimum Gasteiger partial charge on any atom is -0.293 e. The summed E-state index contributed by atoms with van der Waals surface area (Å²) in [5, 5.41) is 2.95. The topological polar surface area (TPSA) is 46.2 Å². The number of carbonyl (C=O) groups excluding carboxylic acids is 2. The van der Waals surface area contributed by atoms with Gasteiger partial charge in [-0.05, 0) is 30.2 Å². The zero-order chi connectivity index (χ0) is 11.5. The van der Waals surface area contributed by atoms with Gasteiger partial charge in [0.15, 0.2) is 0 Å². The van der Waals surface area contributed by atoms with E-state index in [1.165, 1.54) is 0 Å². The van der Waals surface area contributed by atoms with Crippen LogP contribution in [0.25, 0.3) is 6.08 Å². The van der Waals surface area contributed by atoms with E-state index in [0.717, 1.165) is 5.56 Å². The number of amides is 2. The fourth-order valence-corrected chi connectivity index (χ4v) is 1.66. The van der Waals surface area contributed by atoms with E-state index in [4.69, 9.17) is 11.6 Å². The van der Waals surface area contributed by atoms with Gasteiger partial charge < -0.3 is 0 Å². The Bertz CT molecular complexity index is 462. The van der Waals surface area contributed by atoms with Crippen molar-refractivity contribution in [1.82, 2.24) is 5.32 Å². The Kier molecular flexibility index (Phi) is 3.06. The summed E-state index contributed by atoms with van der Waals surface area (Å²) in [7, 11) is 0. The minimum atomic E-state index is -0.300. The summed E-state index contributed by atoms with van der Waals surface area (Å²) in [6, 6.07) is 7.19. The van der Waals surface area contributed by atoms with E-state index in [9.17, 15) is 9.59 Å². The number of hydrogen-bond acceptors (Lipinski definition) is 2. The van der Waals surface area contributed by atoms with Gasteiger partial charge in [-0.3, -0.25) is 14.9 Å². The number of piperidine rings is 1. The molecule has 0 saturated carbocycles. The first-order valence-corrected chi connectivity index (χ1v) is 5.33. The van der Waals surface area contributed by atoms with E-state index in [-0.39, 0.29) is 11.8 Å². The summed E-state index contributed by atoms with van der Waals surface area (Å²) >= 11 is 5.76. The maximum Gasteiger partial charge on any atom is 0.253 e. The largest absolute Gasteiger partial charge is 0.293 e. The van der Waals surface area contributed by atoms with Crippen LogP contribution in [0.3, 0.4) is 0 Å². The van der Waals surface area contributed by atoms with E-state index in [1.54, 1.807) is 18.2 Å². The van der Waals surface area contributed by atoms with Gasteiger partial charge >= 0.3 is 0 Å². The predicted molar refractivity (Wildman–Crippen MR) is 61.8 cm³/mol. The third kappa shape index (κ3) is 2.49. The van der Waals surface area contributed by atoms with Crippen LogP contribution in [0.5, 0.6) is 0 Å². The molecular formula is C12H10ClNO2. The van der Waals surface area contributed by atoms with Gasteiger partial charge in [0.25, 0.3) is 5.91 Å². The Hall–Kier alpha value is -1.61. The van der Waals surface area contributed by atoms with Crippen LogP contribution in [0.15, 0.2) is 29.8 Å². The lowest BCUT2D eigenvalue weighted by atomic mass is 10.0. The number of imide groups is 1. The van der Waals surface area contributed by atoms with Crippen molar-refractivity contribution < 1.29 is 9.59 Å². The third-order valence-corrected chi connectivity index (χ3v) is 2.63. The normalized spacial score (nSPS) is 18.7. The molecule has 0 unspecified atom stereocenters. The number of rotatable bonds is 1. The third-order valence-electron chi connectivity index (χ3n) is 2.38. The number of hydrogen-bond donors (Lipinski definition) is 1. The Morgan fingerprint density at radius 1 is 1.12 bits per heavy atom. The van der Waals surface area contributed by atoms with Crippen LogP contribution >= 0.6 is 11.6 Å².